The third kappa shape index (κ3) is 3.53. The van der Waals surface area contributed by atoms with Gasteiger partial charge in [-0.05, 0) is 36.1 Å². The minimum absolute atomic E-state index is 0.189. The summed E-state index contributed by atoms with van der Waals surface area (Å²) in [6.45, 7) is 1.46. The van der Waals surface area contributed by atoms with Crippen LogP contribution in [0.15, 0.2) is 18.2 Å². The predicted molar refractivity (Wildman–Crippen MR) is 75.6 cm³/mol. The van der Waals surface area contributed by atoms with Crippen molar-refractivity contribution >= 4 is 40.7 Å². The van der Waals surface area contributed by atoms with Gasteiger partial charge in [-0.25, -0.2) is 0 Å². The number of carbonyl (C=O) groups excluding carboxylic acids is 1. The molecule has 1 aliphatic heterocycles. The Morgan fingerprint density at radius 1 is 1.22 bits per heavy atom. The van der Waals surface area contributed by atoms with Gasteiger partial charge in [-0.15, -0.1) is 11.6 Å². The standard InChI is InChI=1S/C13H14Cl3NO/c14-7-10-5-13(18)17(8-10)2-1-9-3-11(15)6-12(16)4-9/h3-4,6,10H,1-2,5,7-8H2. The highest BCUT2D eigenvalue weighted by Gasteiger charge is 2.28. The van der Waals surface area contributed by atoms with Crippen LogP contribution in [0, 0.1) is 5.92 Å². The van der Waals surface area contributed by atoms with Crippen LogP contribution in [0.5, 0.6) is 0 Å². The second-order valence-corrected chi connectivity index (χ2v) is 5.77. The lowest BCUT2D eigenvalue weighted by Gasteiger charge is -2.16. The van der Waals surface area contributed by atoms with E-state index in [0.717, 1.165) is 18.5 Å². The van der Waals surface area contributed by atoms with Crippen LogP contribution in [-0.4, -0.2) is 29.8 Å². The minimum Gasteiger partial charge on any atom is -0.342 e. The van der Waals surface area contributed by atoms with E-state index in [0.29, 0.717) is 34.8 Å². The lowest BCUT2D eigenvalue weighted by atomic mass is 10.1. The zero-order chi connectivity index (χ0) is 13.1. The fourth-order valence-electron chi connectivity index (χ4n) is 2.19. The molecule has 98 valence electrons. The molecule has 0 spiro atoms. The van der Waals surface area contributed by atoms with Gasteiger partial charge in [-0.3, -0.25) is 4.79 Å². The first kappa shape index (κ1) is 14.0. The highest BCUT2D eigenvalue weighted by molar-refractivity contribution is 6.34. The zero-order valence-corrected chi connectivity index (χ0v) is 12.1. The summed E-state index contributed by atoms with van der Waals surface area (Å²) in [5.41, 5.74) is 1.05. The Balaban J connectivity index is 1.93. The highest BCUT2D eigenvalue weighted by atomic mass is 35.5. The van der Waals surface area contributed by atoms with Crippen molar-refractivity contribution in [3.05, 3.63) is 33.8 Å². The van der Waals surface area contributed by atoms with Gasteiger partial charge < -0.3 is 4.90 Å². The molecule has 1 atom stereocenters. The molecule has 1 fully saturated rings. The van der Waals surface area contributed by atoms with Crippen LogP contribution in [-0.2, 0) is 11.2 Å². The fourth-order valence-corrected chi connectivity index (χ4v) is 2.97. The minimum atomic E-state index is 0.189. The molecule has 1 aliphatic rings. The lowest BCUT2D eigenvalue weighted by Crippen LogP contribution is -2.27. The quantitative estimate of drug-likeness (QED) is 0.778. The van der Waals surface area contributed by atoms with Crippen LogP contribution in [0.25, 0.3) is 0 Å². The molecule has 1 unspecified atom stereocenters. The first-order valence-corrected chi connectivity index (χ1v) is 7.16. The van der Waals surface area contributed by atoms with Crippen LogP contribution >= 0.6 is 34.8 Å². The van der Waals surface area contributed by atoms with Gasteiger partial charge in [0.2, 0.25) is 5.91 Å². The van der Waals surface area contributed by atoms with Gasteiger partial charge in [0.15, 0.2) is 0 Å². The van der Waals surface area contributed by atoms with Crippen molar-refractivity contribution in [2.45, 2.75) is 12.8 Å². The Labute approximate surface area is 122 Å². The topological polar surface area (TPSA) is 20.3 Å². The third-order valence-electron chi connectivity index (χ3n) is 3.11. The maximum absolute atomic E-state index is 11.7. The molecular formula is C13H14Cl3NO. The van der Waals surface area contributed by atoms with E-state index in [2.05, 4.69) is 0 Å². The van der Waals surface area contributed by atoms with Crippen molar-refractivity contribution in [3.8, 4) is 0 Å². The van der Waals surface area contributed by atoms with E-state index in [-0.39, 0.29) is 5.91 Å². The summed E-state index contributed by atoms with van der Waals surface area (Å²) in [7, 11) is 0. The molecule has 1 aromatic carbocycles. The number of hydrogen-bond donors (Lipinski definition) is 0. The van der Waals surface area contributed by atoms with Crippen molar-refractivity contribution in [2.24, 2.45) is 5.92 Å². The first-order chi connectivity index (χ1) is 8.58. The van der Waals surface area contributed by atoms with E-state index in [1.54, 1.807) is 6.07 Å². The molecule has 0 N–H and O–H groups in total. The summed E-state index contributed by atoms with van der Waals surface area (Å²) in [5, 5.41) is 1.26. The number of halogens is 3. The van der Waals surface area contributed by atoms with Crippen LogP contribution in [0.4, 0.5) is 0 Å². The number of nitrogens with zero attached hydrogens (tertiary/aromatic N) is 1. The second-order valence-electron chi connectivity index (χ2n) is 4.59. The smallest absolute Gasteiger partial charge is 0.222 e. The molecule has 18 heavy (non-hydrogen) atoms. The average molecular weight is 307 g/mol. The van der Waals surface area contributed by atoms with Crippen LogP contribution in [0.1, 0.15) is 12.0 Å². The molecule has 5 heteroatoms. The Hall–Kier alpha value is -0.440. The second kappa shape index (κ2) is 6.14. The van der Waals surface area contributed by atoms with Gasteiger partial charge in [0.05, 0.1) is 0 Å². The number of hydrogen-bond acceptors (Lipinski definition) is 1. The third-order valence-corrected chi connectivity index (χ3v) is 3.98. The Morgan fingerprint density at radius 3 is 2.44 bits per heavy atom. The number of alkyl halides is 1. The molecule has 2 nitrogen and oxygen atoms in total. The van der Waals surface area contributed by atoms with Crippen molar-refractivity contribution in [1.82, 2.24) is 4.90 Å². The van der Waals surface area contributed by atoms with Gasteiger partial charge in [0.1, 0.15) is 0 Å². The SMILES string of the molecule is O=C1CC(CCl)CN1CCc1cc(Cl)cc(Cl)c1. The van der Waals surface area contributed by atoms with Gasteiger partial charge >= 0.3 is 0 Å². The Kier molecular flexibility index (Phi) is 4.77. The molecular weight excluding hydrogens is 293 g/mol. The zero-order valence-electron chi connectivity index (χ0n) is 9.83. The van der Waals surface area contributed by atoms with E-state index < -0.39 is 0 Å². The van der Waals surface area contributed by atoms with Gasteiger partial charge in [-0.2, -0.15) is 0 Å². The van der Waals surface area contributed by atoms with Gasteiger partial charge in [0, 0.05) is 35.4 Å². The monoisotopic (exact) mass is 305 g/mol. The van der Waals surface area contributed by atoms with E-state index in [9.17, 15) is 4.79 Å². The molecule has 1 heterocycles. The highest BCUT2D eigenvalue weighted by Crippen LogP contribution is 2.22. The number of likely N-dealkylation sites (tertiary alicyclic amines) is 1. The molecule has 0 radical (unpaired) electrons. The molecule has 1 saturated heterocycles. The average Bonchev–Trinajstić information content (AvgIpc) is 2.66. The molecule has 2 rings (SSSR count). The Bertz CT molecular complexity index is 430. The fraction of sp³-hybridized carbons (Fsp3) is 0.462. The van der Waals surface area contributed by atoms with Gasteiger partial charge in [0.25, 0.3) is 0 Å². The molecule has 0 saturated carbocycles. The number of carbonyl (C=O) groups is 1. The maximum atomic E-state index is 11.7. The van der Waals surface area contributed by atoms with E-state index in [1.165, 1.54) is 0 Å². The van der Waals surface area contributed by atoms with Crippen molar-refractivity contribution in [2.75, 3.05) is 19.0 Å². The van der Waals surface area contributed by atoms with Crippen LogP contribution < -0.4 is 0 Å². The summed E-state index contributed by atoms with van der Waals surface area (Å²) in [4.78, 5) is 13.6. The number of rotatable bonds is 4. The summed E-state index contributed by atoms with van der Waals surface area (Å²) in [5.74, 6) is 1.03. The number of amides is 1. The summed E-state index contributed by atoms with van der Waals surface area (Å²) >= 11 is 17.7. The summed E-state index contributed by atoms with van der Waals surface area (Å²) in [6.07, 6.45) is 1.33. The Morgan fingerprint density at radius 2 is 1.89 bits per heavy atom. The molecule has 1 amide bonds. The normalized spacial score (nSPS) is 19.6. The predicted octanol–water partition coefficient (Wildman–Crippen LogP) is 3.62. The summed E-state index contributed by atoms with van der Waals surface area (Å²) < 4.78 is 0. The van der Waals surface area contributed by atoms with Crippen LogP contribution in [0.3, 0.4) is 0 Å². The van der Waals surface area contributed by atoms with E-state index in [4.69, 9.17) is 34.8 Å². The van der Waals surface area contributed by atoms with Crippen molar-refractivity contribution in [1.29, 1.82) is 0 Å². The lowest BCUT2D eigenvalue weighted by molar-refractivity contribution is -0.127. The van der Waals surface area contributed by atoms with E-state index in [1.807, 2.05) is 17.0 Å². The van der Waals surface area contributed by atoms with Gasteiger partial charge in [-0.1, -0.05) is 23.2 Å². The molecule has 0 bridgehead atoms. The number of benzene rings is 1. The van der Waals surface area contributed by atoms with Crippen LogP contribution in [0.2, 0.25) is 10.0 Å². The maximum Gasteiger partial charge on any atom is 0.222 e. The summed E-state index contributed by atoms with van der Waals surface area (Å²) in [6, 6.07) is 5.47. The van der Waals surface area contributed by atoms with E-state index >= 15 is 0 Å². The molecule has 1 aromatic rings. The largest absolute Gasteiger partial charge is 0.342 e. The van der Waals surface area contributed by atoms with Crippen molar-refractivity contribution < 1.29 is 4.79 Å². The van der Waals surface area contributed by atoms with Crippen molar-refractivity contribution in [3.63, 3.8) is 0 Å². The molecule has 0 aliphatic carbocycles. The first-order valence-electron chi connectivity index (χ1n) is 5.87. The molecule has 0 aromatic heterocycles.